The smallest absolute Gasteiger partial charge is 0.326 e. The number of nitrogens with one attached hydrogen (secondary N) is 2. The van der Waals surface area contributed by atoms with Gasteiger partial charge in [-0.2, -0.15) is 0 Å². The third-order valence-corrected chi connectivity index (χ3v) is 5.63. The van der Waals surface area contributed by atoms with Crippen LogP contribution in [0.1, 0.15) is 22.6 Å². The van der Waals surface area contributed by atoms with Gasteiger partial charge in [-0.25, -0.2) is 4.79 Å². The molecule has 0 saturated carbocycles. The first kappa shape index (κ1) is 21.1. The van der Waals surface area contributed by atoms with Gasteiger partial charge in [0.15, 0.2) is 0 Å². The predicted molar refractivity (Wildman–Crippen MR) is 110 cm³/mol. The highest BCUT2D eigenvalue weighted by molar-refractivity contribution is 7.51. The number of nitrogens with zero attached hydrogens (tertiary/aromatic N) is 1. The molecule has 1 aliphatic heterocycles. The van der Waals surface area contributed by atoms with Crippen molar-refractivity contribution < 1.29 is 19.1 Å². The molecule has 0 fully saturated rings. The molecule has 10 heteroatoms. The van der Waals surface area contributed by atoms with Crippen molar-refractivity contribution in [2.45, 2.75) is 12.5 Å². The van der Waals surface area contributed by atoms with Crippen LogP contribution in [0.15, 0.2) is 36.4 Å². The van der Waals surface area contributed by atoms with Gasteiger partial charge in [-0.3, -0.25) is 4.57 Å². The largest absolute Gasteiger partial charge is 0.344 e. The second kappa shape index (κ2) is 8.41. The quantitative estimate of drug-likeness (QED) is 0.537. The fourth-order valence-corrected chi connectivity index (χ4v) is 4.20. The van der Waals surface area contributed by atoms with E-state index in [1.54, 1.807) is 18.2 Å². The molecule has 2 amide bonds. The molecule has 0 aliphatic carbocycles. The molecule has 2 aromatic carbocycles. The van der Waals surface area contributed by atoms with E-state index in [1.165, 1.54) is 0 Å². The van der Waals surface area contributed by atoms with Crippen molar-refractivity contribution in [2.24, 2.45) is 0 Å². The zero-order chi connectivity index (χ0) is 20.5. The first-order valence-electron chi connectivity index (χ1n) is 8.48. The number of hydrogen-bond acceptors (Lipinski definition) is 3. The molecule has 7 nitrogen and oxygen atoms in total. The Morgan fingerprint density at radius 2 is 1.93 bits per heavy atom. The number of anilines is 1. The third-order valence-electron chi connectivity index (χ3n) is 4.51. The lowest BCUT2D eigenvalue weighted by Gasteiger charge is -2.33. The zero-order valence-electron chi connectivity index (χ0n) is 15.0. The van der Waals surface area contributed by atoms with Gasteiger partial charge in [0.05, 0.1) is 0 Å². The number of rotatable bonds is 4. The number of urea groups is 1. The van der Waals surface area contributed by atoms with Gasteiger partial charge < -0.3 is 25.3 Å². The highest BCUT2D eigenvalue weighted by Crippen LogP contribution is 2.38. The number of likely N-dealkylation sites (N-methyl/N-ethyl adjacent to an activating group) is 1. The van der Waals surface area contributed by atoms with Crippen LogP contribution in [-0.4, -0.2) is 40.6 Å². The minimum Gasteiger partial charge on any atom is -0.326 e. The standard InChI is InChI=1S/C18H20Cl2N3O4P/c1-23-8-15(14-6-12(19)7-17(20)16(14)9-23)11-2-4-13(5-3-11)22-18(24)21-10-28(25,26)27/h2-7,15H,8-10H2,1H3,(H2,21,22,24)(H2,25,26,27). The topological polar surface area (TPSA) is 102 Å². The van der Waals surface area contributed by atoms with Crippen LogP contribution in [0.5, 0.6) is 0 Å². The molecule has 2 aromatic rings. The summed E-state index contributed by atoms with van der Waals surface area (Å²) in [6, 6.07) is 10.3. The molecular weight excluding hydrogens is 424 g/mol. The molecule has 28 heavy (non-hydrogen) atoms. The third kappa shape index (κ3) is 5.26. The molecule has 1 heterocycles. The summed E-state index contributed by atoms with van der Waals surface area (Å²) in [5.41, 5.74) is 3.72. The predicted octanol–water partition coefficient (Wildman–Crippen LogP) is 3.83. The number of fused-ring (bicyclic) bond motifs is 1. The van der Waals surface area contributed by atoms with Crippen molar-refractivity contribution >= 4 is 42.5 Å². The molecule has 1 unspecified atom stereocenters. The molecule has 0 aromatic heterocycles. The van der Waals surface area contributed by atoms with Crippen molar-refractivity contribution in [3.8, 4) is 0 Å². The maximum atomic E-state index is 11.7. The first-order valence-corrected chi connectivity index (χ1v) is 11.0. The van der Waals surface area contributed by atoms with Crippen LogP contribution < -0.4 is 10.6 Å². The number of amides is 2. The van der Waals surface area contributed by atoms with Crippen molar-refractivity contribution in [3.05, 3.63) is 63.1 Å². The van der Waals surface area contributed by atoms with E-state index in [1.807, 2.05) is 25.2 Å². The molecular formula is C18H20Cl2N3O4P. The summed E-state index contributed by atoms with van der Waals surface area (Å²) in [5.74, 6) is 0.0856. The van der Waals surface area contributed by atoms with Crippen LogP contribution in [-0.2, 0) is 11.1 Å². The Morgan fingerprint density at radius 3 is 2.57 bits per heavy atom. The normalized spacial score (nSPS) is 17.1. The Kier molecular flexibility index (Phi) is 6.34. The van der Waals surface area contributed by atoms with E-state index in [-0.39, 0.29) is 5.92 Å². The van der Waals surface area contributed by atoms with Gasteiger partial charge in [0.25, 0.3) is 0 Å². The second-order valence-corrected chi connectivity index (χ2v) is 9.27. The van der Waals surface area contributed by atoms with Gasteiger partial charge in [-0.05, 0) is 48.0 Å². The van der Waals surface area contributed by atoms with Gasteiger partial charge in [0.2, 0.25) is 0 Å². The molecule has 0 radical (unpaired) electrons. The molecule has 1 aliphatic rings. The average Bonchev–Trinajstić information content (AvgIpc) is 2.60. The lowest BCUT2D eigenvalue weighted by atomic mass is 9.85. The van der Waals surface area contributed by atoms with Crippen molar-refractivity contribution in [1.29, 1.82) is 0 Å². The van der Waals surface area contributed by atoms with Crippen molar-refractivity contribution in [2.75, 3.05) is 25.2 Å². The van der Waals surface area contributed by atoms with Crippen LogP contribution in [0, 0.1) is 0 Å². The summed E-state index contributed by atoms with van der Waals surface area (Å²) >= 11 is 12.6. The number of hydrogen-bond donors (Lipinski definition) is 4. The van der Waals surface area contributed by atoms with Crippen molar-refractivity contribution in [1.82, 2.24) is 10.2 Å². The van der Waals surface area contributed by atoms with Gasteiger partial charge in [0, 0.05) is 34.7 Å². The summed E-state index contributed by atoms with van der Waals surface area (Å²) < 4.78 is 10.8. The molecule has 4 N–H and O–H groups in total. The lowest BCUT2D eigenvalue weighted by Crippen LogP contribution is -2.31. The number of benzene rings is 2. The summed E-state index contributed by atoms with van der Waals surface area (Å²) in [5, 5.41) is 5.92. The average molecular weight is 444 g/mol. The summed E-state index contributed by atoms with van der Waals surface area (Å²) in [6.07, 6.45) is -0.719. The number of halogens is 2. The Hall–Kier alpha value is -1.60. The highest BCUT2D eigenvalue weighted by Gasteiger charge is 2.27. The summed E-state index contributed by atoms with van der Waals surface area (Å²) in [6.45, 7) is 1.56. The monoisotopic (exact) mass is 443 g/mol. The van der Waals surface area contributed by atoms with Crippen LogP contribution in [0.25, 0.3) is 0 Å². The Balaban J connectivity index is 1.77. The highest BCUT2D eigenvalue weighted by atomic mass is 35.5. The van der Waals surface area contributed by atoms with Gasteiger partial charge in [-0.15, -0.1) is 0 Å². The van der Waals surface area contributed by atoms with Crippen molar-refractivity contribution in [3.63, 3.8) is 0 Å². The number of carbonyl (C=O) groups is 1. The molecule has 150 valence electrons. The van der Waals surface area contributed by atoms with E-state index in [9.17, 15) is 9.36 Å². The SMILES string of the molecule is CN1Cc2c(Cl)cc(Cl)cc2C(c2ccc(NC(=O)NCP(=O)(O)O)cc2)C1. The van der Waals surface area contributed by atoms with Gasteiger partial charge >= 0.3 is 13.6 Å². The fraction of sp³-hybridized carbons (Fsp3) is 0.278. The molecule has 1 atom stereocenters. The van der Waals surface area contributed by atoms with E-state index in [0.717, 1.165) is 29.8 Å². The van der Waals surface area contributed by atoms with E-state index < -0.39 is 19.9 Å². The Bertz CT molecular complexity index is 933. The fourth-order valence-electron chi connectivity index (χ4n) is 3.28. The number of carbonyl (C=O) groups excluding carboxylic acids is 1. The Labute approximate surface area is 172 Å². The first-order chi connectivity index (χ1) is 13.1. The molecule has 0 saturated heterocycles. The minimum absolute atomic E-state index is 0.0856. The molecule has 0 bridgehead atoms. The lowest BCUT2D eigenvalue weighted by molar-refractivity contribution is 0.252. The van der Waals surface area contributed by atoms with Crippen LogP contribution in [0.2, 0.25) is 10.0 Å². The summed E-state index contributed by atoms with van der Waals surface area (Å²) in [4.78, 5) is 31.5. The van der Waals surface area contributed by atoms with Crippen LogP contribution in [0.4, 0.5) is 10.5 Å². The maximum Gasteiger partial charge on any atom is 0.344 e. The van der Waals surface area contributed by atoms with Crippen LogP contribution >= 0.6 is 30.8 Å². The Morgan fingerprint density at radius 1 is 1.25 bits per heavy atom. The van der Waals surface area contributed by atoms with Gasteiger partial charge in [-0.1, -0.05) is 35.3 Å². The van der Waals surface area contributed by atoms with E-state index in [2.05, 4.69) is 15.5 Å². The van der Waals surface area contributed by atoms with E-state index in [0.29, 0.717) is 15.7 Å². The summed E-state index contributed by atoms with van der Waals surface area (Å²) in [7, 11) is -2.26. The molecule has 3 rings (SSSR count). The van der Waals surface area contributed by atoms with E-state index in [4.69, 9.17) is 33.0 Å². The second-order valence-electron chi connectivity index (χ2n) is 6.78. The van der Waals surface area contributed by atoms with Gasteiger partial charge in [0.1, 0.15) is 6.29 Å². The minimum atomic E-state index is -4.29. The molecule has 0 spiro atoms. The maximum absolute atomic E-state index is 11.7. The van der Waals surface area contributed by atoms with Crippen LogP contribution in [0.3, 0.4) is 0 Å². The van der Waals surface area contributed by atoms with E-state index >= 15 is 0 Å². The zero-order valence-corrected chi connectivity index (χ0v) is 17.4.